The van der Waals surface area contributed by atoms with Crippen molar-refractivity contribution in [2.75, 3.05) is 13.1 Å². The monoisotopic (exact) mass is 258 g/mol. The van der Waals surface area contributed by atoms with E-state index in [4.69, 9.17) is 9.84 Å². The highest BCUT2D eigenvalue weighted by Crippen LogP contribution is 2.17. The summed E-state index contributed by atoms with van der Waals surface area (Å²) in [7, 11) is 0. The van der Waals surface area contributed by atoms with Crippen LogP contribution in [-0.2, 0) is 9.53 Å². The lowest BCUT2D eigenvalue weighted by Crippen LogP contribution is -2.52. The molecular formula is C12H22N2O4. The Labute approximate surface area is 107 Å². The molecule has 1 aliphatic heterocycles. The summed E-state index contributed by atoms with van der Waals surface area (Å²) < 4.78 is 5.17. The number of carboxylic acid groups (broad SMARTS) is 1. The lowest BCUT2D eigenvalue weighted by atomic mass is 9.90. The van der Waals surface area contributed by atoms with Crippen LogP contribution in [0, 0.1) is 5.92 Å². The number of nitrogens with one attached hydrogen (secondary N) is 2. The molecule has 1 saturated heterocycles. The zero-order chi connectivity index (χ0) is 13.8. The van der Waals surface area contributed by atoms with Gasteiger partial charge in [-0.15, -0.1) is 0 Å². The third-order valence-corrected chi connectivity index (χ3v) is 2.76. The smallest absolute Gasteiger partial charge is 0.407 e. The van der Waals surface area contributed by atoms with Gasteiger partial charge in [0.15, 0.2) is 0 Å². The van der Waals surface area contributed by atoms with Crippen LogP contribution in [0.3, 0.4) is 0 Å². The van der Waals surface area contributed by atoms with Crippen molar-refractivity contribution in [1.82, 2.24) is 10.6 Å². The molecule has 1 amide bonds. The van der Waals surface area contributed by atoms with E-state index in [1.165, 1.54) is 0 Å². The molecule has 0 aromatic carbocycles. The number of piperidine rings is 1. The van der Waals surface area contributed by atoms with Crippen molar-refractivity contribution in [2.24, 2.45) is 5.92 Å². The van der Waals surface area contributed by atoms with Crippen molar-refractivity contribution in [3.8, 4) is 0 Å². The molecule has 0 spiro atoms. The zero-order valence-corrected chi connectivity index (χ0v) is 11.2. The Morgan fingerprint density at radius 2 is 2.11 bits per heavy atom. The number of alkyl carbamates (subject to hydrolysis) is 1. The van der Waals surface area contributed by atoms with Gasteiger partial charge in [0.05, 0.1) is 6.42 Å². The maximum atomic E-state index is 11.6. The van der Waals surface area contributed by atoms with Gasteiger partial charge in [-0.25, -0.2) is 4.79 Å². The first kappa shape index (κ1) is 14.8. The zero-order valence-electron chi connectivity index (χ0n) is 11.2. The second kappa shape index (κ2) is 6.04. The van der Waals surface area contributed by atoms with E-state index in [1.807, 2.05) is 0 Å². The maximum absolute atomic E-state index is 11.6. The van der Waals surface area contributed by atoms with Gasteiger partial charge in [-0.05, 0) is 39.7 Å². The van der Waals surface area contributed by atoms with Crippen LogP contribution in [0.25, 0.3) is 0 Å². The van der Waals surface area contributed by atoms with Gasteiger partial charge in [-0.2, -0.15) is 0 Å². The fourth-order valence-electron chi connectivity index (χ4n) is 2.01. The molecule has 3 N–H and O–H groups in total. The summed E-state index contributed by atoms with van der Waals surface area (Å²) in [5.41, 5.74) is -0.547. The molecule has 18 heavy (non-hydrogen) atoms. The van der Waals surface area contributed by atoms with Crippen molar-refractivity contribution in [3.05, 3.63) is 0 Å². The molecule has 0 saturated carbocycles. The van der Waals surface area contributed by atoms with Gasteiger partial charge in [0.2, 0.25) is 0 Å². The molecule has 0 unspecified atom stereocenters. The summed E-state index contributed by atoms with van der Waals surface area (Å²) in [6.07, 6.45) is 0.320. The largest absolute Gasteiger partial charge is 0.481 e. The van der Waals surface area contributed by atoms with E-state index in [9.17, 15) is 9.59 Å². The number of rotatable bonds is 3. The van der Waals surface area contributed by atoms with Gasteiger partial charge in [0.25, 0.3) is 0 Å². The van der Waals surface area contributed by atoms with Gasteiger partial charge < -0.3 is 20.5 Å². The fraction of sp³-hybridized carbons (Fsp3) is 0.833. The van der Waals surface area contributed by atoms with Crippen LogP contribution in [0.4, 0.5) is 4.79 Å². The third-order valence-electron chi connectivity index (χ3n) is 2.76. The first-order chi connectivity index (χ1) is 8.28. The van der Waals surface area contributed by atoms with Crippen LogP contribution in [0.5, 0.6) is 0 Å². The first-order valence-corrected chi connectivity index (χ1v) is 6.20. The molecule has 2 atom stereocenters. The van der Waals surface area contributed by atoms with Crippen LogP contribution >= 0.6 is 0 Å². The molecule has 6 heteroatoms. The number of aliphatic carboxylic acids is 1. The summed E-state index contributed by atoms with van der Waals surface area (Å²) in [6.45, 7) is 6.74. The number of ether oxygens (including phenoxy) is 1. The molecule has 1 heterocycles. The van der Waals surface area contributed by atoms with Gasteiger partial charge in [0.1, 0.15) is 5.60 Å². The van der Waals surface area contributed by atoms with Crippen molar-refractivity contribution in [2.45, 2.75) is 45.3 Å². The number of amides is 1. The van der Waals surface area contributed by atoms with Crippen LogP contribution in [0.2, 0.25) is 0 Å². The lowest BCUT2D eigenvalue weighted by molar-refractivity contribution is -0.138. The lowest BCUT2D eigenvalue weighted by Gasteiger charge is -2.32. The summed E-state index contributed by atoms with van der Waals surface area (Å²) >= 11 is 0. The summed E-state index contributed by atoms with van der Waals surface area (Å²) in [5, 5.41) is 14.7. The molecule has 0 aliphatic carbocycles. The molecule has 104 valence electrons. The summed E-state index contributed by atoms with van der Waals surface area (Å²) in [5.74, 6) is -0.880. The average molecular weight is 258 g/mol. The molecule has 1 rings (SSSR count). The number of carboxylic acids is 1. The number of hydrogen-bond acceptors (Lipinski definition) is 4. The average Bonchev–Trinajstić information content (AvgIpc) is 2.17. The van der Waals surface area contributed by atoms with Crippen molar-refractivity contribution >= 4 is 12.1 Å². The van der Waals surface area contributed by atoms with E-state index in [0.717, 1.165) is 13.0 Å². The van der Waals surface area contributed by atoms with Crippen molar-refractivity contribution in [1.29, 1.82) is 0 Å². The van der Waals surface area contributed by atoms with E-state index in [0.29, 0.717) is 6.54 Å². The van der Waals surface area contributed by atoms with E-state index in [2.05, 4.69) is 10.6 Å². The minimum absolute atomic E-state index is 0.0451. The second-order valence-electron chi connectivity index (χ2n) is 5.60. The molecule has 1 aliphatic rings. The Morgan fingerprint density at radius 1 is 1.44 bits per heavy atom. The predicted molar refractivity (Wildman–Crippen MR) is 66.4 cm³/mol. The quantitative estimate of drug-likeness (QED) is 0.702. The van der Waals surface area contributed by atoms with Gasteiger partial charge in [-0.1, -0.05) is 0 Å². The number of carbonyl (C=O) groups excluding carboxylic acids is 1. The van der Waals surface area contributed by atoms with Gasteiger partial charge >= 0.3 is 12.1 Å². The van der Waals surface area contributed by atoms with E-state index < -0.39 is 17.7 Å². The standard InChI is InChI=1S/C12H22N2O4/c1-12(2,3)18-11(17)14-9-7-13-5-4-8(9)6-10(15)16/h8-9,13H,4-7H2,1-3H3,(H,14,17)(H,15,16)/t8-,9+/m0/s1. The van der Waals surface area contributed by atoms with Crippen LogP contribution in [0.1, 0.15) is 33.6 Å². The number of hydrogen-bond donors (Lipinski definition) is 3. The minimum Gasteiger partial charge on any atom is -0.481 e. The van der Waals surface area contributed by atoms with Crippen LogP contribution in [-0.4, -0.2) is 41.9 Å². The topological polar surface area (TPSA) is 87.7 Å². The Balaban J connectivity index is 2.51. The fourth-order valence-corrected chi connectivity index (χ4v) is 2.01. The molecular weight excluding hydrogens is 236 g/mol. The normalized spacial score (nSPS) is 24.4. The van der Waals surface area contributed by atoms with Crippen molar-refractivity contribution in [3.63, 3.8) is 0 Å². The van der Waals surface area contributed by atoms with Gasteiger partial charge in [-0.3, -0.25) is 4.79 Å². The highest BCUT2D eigenvalue weighted by Gasteiger charge is 2.29. The molecule has 6 nitrogen and oxygen atoms in total. The Bertz CT molecular complexity index is 312. The van der Waals surface area contributed by atoms with E-state index in [1.54, 1.807) is 20.8 Å². The Hall–Kier alpha value is -1.30. The Morgan fingerprint density at radius 3 is 2.67 bits per heavy atom. The summed E-state index contributed by atoms with van der Waals surface area (Å²) in [4.78, 5) is 22.4. The molecule has 0 bridgehead atoms. The SMILES string of the molecule is CC(C)(C)OC(=O)N[C@@H]1CNCC[C@H]1CC(=O)O. The molecule has 1 fully saturated rings. The molecule has 0 aromatic heterocycles. The molecule has 0 radical (unpaired) electrons. The van der Waals surface area contributed by atoms with Gasteiger partial charge in [0, 0.05) is 12.6 Å². The summed E-state index contributed by atoms with van der Waals surface area (Å²) in [6, 6.07) is -0.190. The van der Waals surface area contributed by atoms with E-state index >= 15 is 0 Å². The highest BCUT2D eigenvalue weighted by molar-refractivity contribution is 5.69. The van der Waals surface area contributed by atoms with Crippen LogP contribution < -0.4 is 10.6 Å². The maximum Gasteiger partial charge on any atom is 0.407 e. The van der Waals surface area contributed by atoms with Crippen LogP contribution in [0.15, 0.2) is 0 Å². The molecule has 0 aromatic rings. The third kappa shape index (κ3) is 5.35. The highest BCUT2D eigenvalue weighted by atomic mass is 16.6. The minimum atomic E-state index is -0.835. The predicted octanol–water partition coefficient (Wildman–Crippen LogP) is 0.964. The van der Waals surface area contributed by atoms with Crippen molar-refractivity contribution < 1.29 is 19.4 Å². The first-order valence-electron chi connectivity index (χ1n) is 6.20. The number of carbonyl (C=O) groups is 2. The second-order valence-corrected chi connectivity index (χ2v) is 5.60. The Kier molecular flexibility index (Phi) is 4.95. The van der Waals surface area contributed by atoms with E-state index in [-0.39, 0.29) is 18.4 Å².